The molecule has 0 spiro atoms. The van der Waals surface area contributed by atoms with Crippen molar-refractivity contribution in [2.75, 3.05) is 19.7 Å². The Kier molecular flexibility index (Phi) is 6.03. The highest BCUT2D eigenvalue weighted by atomic mass is 16.5. The Hall–Kier alpha value is -2.08. The van der Waals surface area contributed by atoms with E-state index in [-0.39, 0.29) is 23.5 Å². The van der Waals surface area contributed by atoms with Gasteiger partial charge in [0.25, 0.3) is 5.91 Å². The van der Waals surface area contributed by atoms with Gasteiger partial charge in [-0.1, -0.05) is 36.8 Å². The van der Waals surface area contributed by atoms with Crippen LogP contribution >= 0.6 is 0 Å². The number of rotatable bonds is 7. The van der Waals surface area contributed by atoms with Gasteiger partial charge in [0.1, 0.15) is 0 Å². The smallest absolute Gasteiger partial charge is 0.407 e. The van der Waals surface area contributed by atoms with Crippen molar-refractivity contribution in [3.05, 3.63) is 35.9 Å². The van der Waals surface area contributed by atoms with Crippen LogP contribution in [-0.4, -0.2) is 47.2 Å². The number of ether oxygens (including phenoxy) is 1. The number of alkyl carbamates (subject to hydrolysis) is 1. The summed E-state index contributed by atoms with van der Waals surface area (Å²) in [6.07, 6.45) is 4.39. The molecule has 6 heteroatoms. The molecule has 3 fully saturated rings. The molecule has 4 rings (SSSR count). The molecule has 1 aromatic rings. The lowest BCUT2D eigenvalue weighted by atomic mass is 9.69. The predicted molar refractivity (Wildman–Crippen MR) is 118 cm³/mol. The summed E-state index contributed by atoms with van der Waals surface area (Å²) >= 11 is 0. The van der Waals surface area contributed by atoms with Gasteiger partial charge in [-0.25, -0.2) is 4.79 Å². The molecule has 6 nitrogen and oxygen atoms in total. The highest BCUT2D eigenvalue weighted by molar-refractivity contribution is 5.87. The monoisotopic (exact) mass is 428 g/mol. The standard InChI is InChI=1S/C25H36N2O4/c1-24(2,3)26-23(29)31-14-8-13-19-20-15-27(16-21(19)20)22(28)25(30,18-11-7-12-18)17-9-5-4-6-10-17/h4-6,9-10,18-21,30H,7-8,11-16H2,1-3H3,(H,26,29). The number of piperidine rings is 1. The molecule has 2 amide bonds. The molecule has 31 heavy (non-hydrogen) atoms. The van der Waals surface area contributed by atoms with E-state index in [9.17, 15) is 14.7 Å². The fraction of sp³-hybridized carbons (Fsp3) is 0.680. The van der Waals surface area contributed by atoms with E-state index in [1.807, 2.05) is 56.0 Å². The number of hydrogen-bond acceptors (Lipinski definition) is 4. The molecule has 1 heterocycles. The Bertz CT molecular complexity index is 789. The molecule has 0 aromatic heterocycles. The average Bonchev–Trinajstić information content (AvgIpc) is 3.11. The van der Waals surface area contributed by atoms with Crippen molar-refractivity contribution in [1.29, 1.82) is 0 Å². The van der Waals surface area contributed by atoms with Crippen LogP contribution in [0, 0.1) is 23.7 Å². The second kappa shape index (κ2) is 8.45. The number of fused-ring (bicyclic) bond motifs is 1. The quantitative estimate of drug-likeness (QED) is 0.650. The second-order valence-electron chi connectivity index (χ2n) is 10.6. The van der Waals surface area contributed by atoms with Crippen LogP contribution in [0.25, 0.3) is 0 Å². The van der Waals surface area contributed by atoms with Crippen LogP contribution < -0.4 is 5.32 Å². The minimum atomic E-state index is -1.39. The zero-order valence-corrected chi connectivity index (χ0v) is 19.0. The van der Waals surface area contributed by atoms with Crippen LogP contribution in [0.1, 0.15) is 58.4 Å². The van der Waals surface area contributed by atoms with Crippen molar-refractivity contribution in [2.45, 2.75) is 64.0 Å². The van der Waals surface area contributed by atoms with Crippen LogP contribution in [0.5, 0.6) is 0 Å². The van der Waals surface area contributed by atoms with Gasteiger partial charge < -0.3 is 20.1 Å². The summed E-state index contributed by atoms with van der Waals surface area (Å²) in [5, 5.41) is 14.4. The van der Waals surface area contributed by atoms with Gasteiger partial charge in [0.05, 0.1) is 6.61 Å². The normalized spacial score (nSPS) is 27.1. The van der Waals surface area contributed by atoms with Crippen LogP contribution in [0.2, 0.25) is 0 Å². The third kappa shape index (κ3) is 4.59. The maximum absolute atomic E-state index is 13.4. The number of nitrogens with zero attached hydrogens (tertiary/aromatic N) is 1. The van der Waals surface area contributed by atoms with Crippen LogP contribution in [0.15, 0.2) is 30.3 Å². The summed E-state index contributed by atoms with van der Waals surface area (Å²) in [5.74, 6) is 1.55. The van der Waals surface area contributed by atoms with Crippen molar-refractivity contribution in [3.8, 4) is 0 Å². The Labute approximate surface area is 185 Å². The molecule has 0 radical (unpaired) electrons. The average molecular weight is 429 g/mol. The third-order valence-corrected chi connectivity index (χ3v) is 7.29. The molecule has 2 saturated carbocycles. The van der Waals surface area contributed by atoms with E-state index in [1.165, 1.54) is 0 Å². The fourth-order valence-corrected chi connectivity index (χ4v) is 5.36. The van der Waals surface area contributed by atoms with E-state index in [4.69, 9.17) is 4.74 Å². The Morgan fingerprint density at radius 1 is 1.13 bits per heavy atom. The van der Waals surface area contributed by atoms with Crippen LogP contribution in [0.3, 0.4) is 0 Å². The summed E-state index contributed by atoms with van der Waals surface area (Å²) in [6, 6.07) is 9.47. The van der Waals surface area contributed by atoms with Crippen molar-refractivity contribution in [2.24, 2.45) is 23.7 Å². The molecular weight excluding hydrogens is 392 g/mol. The molecule has 3 aliphatic rings. The zero-order chi connectivity index (χ0) is 22.2. The maximum atomic E-state index is 13.4. The lowest BCUT2D eigenvalue weighted by molar-refractivity contribution is -0.163. The minimum Gasteiger partial charge on any atom is -0.450 e. The number of aliphatic hydroxyl groups is 1. The summed E-state index contributed by atoms with van der Waals surface area (Å²) in [7, 11) is 0. The van der Waals surface area contributed by atoms with Gasteiger partial charge in [-0.05, 0) is 69.8 Å². The van der Waals surface area contributed by atoms with Crippen molar-refractivity contribution in [3.63, 3.8) is 0 Å². The highest BCUT2D eigenvalue weighted by Crippen LogP contribution is 2.55. The van der Waals surface area contributed by atoms with E-state index >= 15 is 0 Å². The minimum absolute atomic E-state index is 0.0199. The fourth-order valence-electron chi connectivity index (χ4n) is 5.36. The van der Waals surface area contributed by atoms with Gasteiger partial charge in [-0.3, -0.25) is 4.79 Å². The molecule has 1 aliphatic heterocycles. The topological polar surface area (TPSA) is 78.9 Å². The lowest BCUT2D eigenvalue weighted by Gasteiger charge is -2.42. The summed E-state index contributed by atoms with van der Waals surface area (Å²) in [6.45, 7) is 7.68. The van der Waals surface area contributed by atoms with Gasteiger partial charge in [0, 0.05) is 24.5 Å². The molecule has 2 N–H and O–H groups in total. The number of likely N-dealkylation sites (tertiary alicyclic amines) is 1. The predicted octanol–water partition coefficient (Wildman–Crippen LogP) is 3.68. The Morgan fingerprint density at radius 3 is 2.32 bits per heavy atom. The van der Waals surface area contributed by atoms with Crippen LogP contribution in [0.4, 0.5) is 4.79 Å². The Balaban J connectivity index is 1.25. The van der Waals surface area contributed by atoms with Gasteiger partial charge in [0.15, 0.2) is 5.60 Å². The van der Waals surface area contributed by atoms with Crippen molar-refractivity contribution >= 4 is 12.0 Å². The zero-order valence-electron chi connectivity index (χ0n) is 19.0. The van der Waals surface area contributed by atoms with Crippen molar-refractivity contribution in [1.82, 2.24) is 10.2 Å². The Morgan fingerprint density at radius 2 is 1.77 bits per heavy atom. The molecular formula is C25H36N2O4. The highest BCUT2D eigenvalue weighted by Gasteiger charge is 2.59. The number of benzene rings is 1. The number of amides is 2. The first-order valence-corrected chi connectivity index (χ1v) is 11.7. The van der Waals surface area contributed by atoms with Crippen LogP contribution in [-0.2, 0) is 15.1 Å². The molecule has 3 atom stereocenters. The lowest BCUT2D eigenvalue weighted by Crippen LogP contribution is -2.53. The number of carbonyl (C=O) groups is 2. The van der Waals surface area contributed by atoms with E-state index in [0.29, 0.717) is 24.4 Å². The van der Waals surface area contributed by atoms with Gasteiger partial charge >= 0.3 is 6.09 Å². The number of hydrogen-bond donors (Lipinski definition) is 2. The SMILES string of the molecule is CC(C)(C)NC(=O)OCCCC1C2CN(C(=O)C(O)(c3ccccc3)C3CCC3)CC12. The molecule has 2 aliphatic carbocycles. The van der Waals surface area contributed by atoms with E-state index in [2.05, 4.69) is 5.32 Å². The molecule has 1 saturated heterocycles. The number of nitrogens with one attached hydrogen (secondary N) is 1. The third-order valence-electron chi connectivity index (χ3n) is 7.29. The van der Waals surface area contributed by atoms with Gasteiger partial charge in [-0.15, -0.1) is 0 Å². The second-order valence-corrected chi connectivity index (χ2v) is 10.6. The molecule has 170 valence electrons. The summed E-state index contributed by atoms with van der Waals surface area (Å²) < 4.78 is 5.27. The number of carbonyl (C=O) groups excluding carboxylic acids is 2. The molecule has 3 unspecified atom stereocenters. The first kappa shape index (κ1) is 22.1. The van der Waals surface area contributed by atoms with E-state index in [1.54, 1.807) is 0 Å². The van der Waals surface area contributed by atoms with Crippen molar-refractivity contribution < 1.29 is 19.4 Å². The summed E-state index contributed by atoms with van der Waals surface area (Å²) in [5.41, 5.74) is -0.950. The van der Waals surface area contributed by atoms with Gasteiger partial charge in [0.2, 0.25) is 0 Å². The van der Waals surface area contributed by atoms with E-state index in [0.717, 1.165) is 50.8 Å². The largest absolute Gasteiger partial charge is 0.450 e. The first-order valence-electron chi connectivity index (χ1n) is 11.7. The molecule has 1 aromatic carbocycles. The van der Waals surface area contributed by atoms with E-state index < -0.39 is 5.60 Å². The maximum Gasteiger partial charge on any atom is 0.407 e. The first-order chi connectivity index (χ1) is 14.7. The van der Waals surface area contributed by atoms with Gasteiger partial charge in [-0.2, -0.15) is 0 Å². The summed E-state index contributed by atoms with van der Waals surface area (Å²) in [4.78, 5) is 27.1. The molecule has 0 bridgehead atoms.